The second kappa shape index (κ2) is 10.8. The van der Waals surface area contributed by atoms with E-state index in [9.17, 15) is 19.8 Å². The molecule has 0 amide bonds. The van der Waals surface area contributed by atoms with Crippen molar-refractivity contribution in [1.29, 1.82) is 0 Å². The van der Waals surface area contributed by atoms with E-state index in [0.29, 0.717) is 12.1 Å². The Kier molecular flexibility index (Phi) is 8.63. The number of rotatable bonds is 9. The number of aliphatic hydroxyl groups excluding tert-OH is 2. The predicted octanol–water partition coefficient (Wildman–Crippen LogP) is 2.88. The number of hydrogen-bond acceptors (Lipinski definition) is 6. The number of aromatic carboxylic acids is 1. The lowest BCUT2D eigenvalue weighted by Gasteiger charge is -2.30. The highest BCUT2D eigenvalue weighted by atomic mass is 19.1. The maximum Gasteiger partial charge on any atom is 0.341 e. The summed E-state index contributed by atoms with van der Waals surface area (Å²) < 4.78 is 22.6. The van der Waals surface area contributed by atoms with E-state index in [4.69, 9.17) is 9.84 Å². The van der Waals surface area contributed by atoms with Gasteiger partial charge in [0, 0.05) is 39.5 Å². The number of carbonyl (C=O) groups is 1. The summed E-state index contributed by atoms with van der Waals surface area (Å²) in [6.07, 6.45) is 3.87. The molecule has 1 fully saturated rings. The summed E-state index contributed by atoms with van der Waals surface area (Å²) in [4.78, 5) is 26.1. The molecule has 2 atom stereocenters. The van der Waals surface area contributed by atoms with E-state index < -0.39 is 17.2 Å². The van der Waals surface area contributed by atoms with E-state index in [1.165, 1.54) is 13.3 Å². The molecule has 0 unspecified atom stereocenters. The number of halogens is 1. The van der Waals surface area contributed by atoms with Crippen molar-refractivity contribution in [2.24, 2.45) is 11.8 Å². The number of hydrogen-bond donors (Lipinski definition) is 3. The average molecular weight is 453 g/mol. The van der Waals surface area contributed by atoms with Crippen molar-refractivity contribution in [2.75, 3.05) is 39.3 Å². The lowest BCUT2D eigenvalue weighted by molar-refractivity contribution is 0.0694. The minimum absolute atomic E-state index is 0.00377. The zero-order valence-corrected chi connectivity index (χ0v) is 19.3. The van der Waals surface area contributed by atoms with Crippen molar-refractivity contribution in [3.63, 3.8) is 0 Å². The van der Waals surface area contributed by atoms with Crippen molar-refractivity contribution in [2.45, 2.75) is 39.2 Å². The molecular formula is C23H33FN2O6. The third-order valence-electron chi connectivity index (χ3n) is 6.08. The summed E-state index contributed by atoms with van der Waals surface area (Å²) in [5.74, 6) is -1.56. The standard InChI is InChI=1S/C22H29FN2O5.CH4O/c1-5-13(12(2)11-26)9-24(3)19-17(23)8-15-18(21(19)30-4)25(14-6-7-14)10-16(20(15)27)22(28)29;1-2/h8,10,12-14,26H,5-7,9,11H2,1-4H3,(H,28,29);2H,1H3/t12-,13-;/m1./s1. The Morgan fingerprint density at radius 3 is 2.47 bits per heavy atom. The molecule has 9 heteroatoms. The van der Waals surface area contributed by atoms with Gasteiger partial charge in [0.2, 0.25) is 5.43 Å². The molecular weight excluding hydrogens is 419 g/mol. The zero-order valence-electron chi connectivity index (χ0n) is 19.3. The summed E-state index contributed by atoms with van der Waals surface area (Å²) in [6.45, 7) is 4.52. The Morgan fingerprint density at radius 1 is 1.38 bits per heavy atom. The normalized spacial score (nSPS) is 15.0. The van der Waals surface area contributed by atoms with Gasteiger partial charge >= 0.3 is 5.97 Å². The van der Waals surface area contributed by atoms with E-state index in [2.05, 4.69) is 0 Å². The Labute approximate surface area is 186 Å². The largest absolute Gasteiger partial charge is 0.492 e. The van der Waals surface area contributed by atoms with Crippen LogP contribution in [-0.2, 0) is 0 Å². The number of aliphatic hydroxyl groups is 2. The third kappa shape index (κ3) is 4.88. The van der Waals surface area contributed by atoms with Gasteiger partial charge in [-0.2, -0.15) is 0 Å². The van der Waals surface area contributed by atoms with Gasteiger partial charge in [0.05, 0.1) is 18.0 Å². The predicted molar refractivity (Wildman–Crippen MR) is 121 cm³/mol. The van der Waals surface area contributed by atoms with Crippen LogP contribution in [0, 0.1) is 17.7 Å². The average Bonchev–Trinajstić information content (AvgIpc) is 3.62. The molecule has 3 rings (SSSR count). The lowest BCUT2D eigenvalue weighted by Crippen LogP contribution is -2.31. The number of aromatic nitrogens is 1. The summed E-state index contributed by atoms with van der Waals surface area (Å²) >= 11 is 0. The Bertz CT molecular complexity index is 1020. The smallest absolute Gasteiger partial charge is 0.341 e. The number of methoxy groups -OCH3 is 1. The van der Waals surface area contributed by atoms with Gasteiger partial charge in [-0.25, -0.2) is 9.18 Å². The van der Waals surface area contributed by atoms with Crippen molar-refractivity contribution in [3.05, 3.63) is 33.9 Å². The maximum absolute atomic E-state index is 15.2. The van der Waals surface area contributed by atoms with Crippen LogP contribution in [0.3, 0.4) is 0 Å². The molecule has 0 spiro atoms. The van der Waals surface area contributed by atoms with E-state index in [1.54, 1.807) is 16.5 Å². The molecule has 1 saturated carbocycles. The summed E-state index contributed by atoms with van der Waals surface area (Å²) in [7, 11) is 4.18. The lowest BCUT2D eigenvalue weighted by atomic mass is 9.91. The summed E-state index contributed by atoms with van der Waals surface area (Å²) in [6, 6.07) is 1.18. The molecule has 1 aromatic carbocycles. The van der Waals surface area contributed by atoms with Gasteiger partial charge < -0.3 is 29.5 Å². The first-order valence-electron chi connectivity index (χ1n) is 10.7. The maximum atomic E-state index is 15.2. The van der Waals surface area contributed by atoms with Gasteiger partial charge in [0.25, 0.3) is 0 Å². The van der Waals surface area contributed by atoms with Gasteiger partial charge in [-0.05, 0) is 30.7 Å². The number of carboxylic acid groups (broad SMARTS) is 1. The van der Waals surface area contributed by atoms with Gasteiger partial charge in [-0.3, -0.25) is 4.79 Å². The number of benzene rings is 1. The minimum atomic E-state index is -1.33. The van der Waals surface area contributed by atoms with E-state index in [1.807, 2.05) is 13.8 Å². The molecule has 0 radical (unpaired) electrons. The van der Waals surface area contributed by atoms with Crippen LogP contribution in [0.5, 0.6) is 5.75 Å². The van der Waals surface area contributed by atoms with Crippen LogP contribution >= 0.6 is 0 Å². The van der Waals surface area contributed by atoms with Crippen LogP contribution in [-0.4, -0.2) is 60.3 Å². The number of pyridine rings is 1. The molecule has 1 heterocycles. The fraction of sp³-hybridized carbons (Fsp3) is 0.565. The molecule has 32 heavy (non-hydrogen) atoms. The Morgan fingerprint density at radius 2 is 2.00 bits per heavy atom. The fourth-order valence-corrected chi connectivity index (χ4v) is 4.09. The molecule has 0 saturated heterocycles. The van der Waals surface area contributed by atoms with E-state index >= 15 is 4.39 Å². The second-order valence-electron chi connectivity index (χ2n) is 8.16. The number of ether oxygens (including phenoxy) is 1. The first-order chi connectivity index (χ1) is 15.2. The summed E-state index contributed by atoms with van der Waals surface area (Å²) in [5.41, 5.74) is -0.451. The third-order valence-corrected chi connectivity index (χ3v) is 6.08. The second-order valence-corrected chi connectivity index (χ2v) is 8.16. The molecule has 1 aliphatic carbocycles. The SMILES string of the molecule is CC[C@H](CN(C)c1c(F)cc2c(=O)c(C(=O)O)cn(C3CC3)c2c1OC)[C@H](C)CO.CO. The topological polar surface area (TPSA) is 112 Å². The van der Waals surface area contributed by atoms with Crippen LogP contribution in [0.25, 0.3) is 10.9 Å². The highest BCUT2D eigenvalue weighted by Crippen LogP contribution is 2.43. The molecule has 2 aromatic rings. The zero-order chi connectivity index (χ0) is 24.2. The number of nitrogens with zero attached hydrogens (tertiary/aromatic N) is 2. The van der Waals surface area contributed by atoms with Crippen LogP contribution in [0.2, 0.25) is 0 Å². The molecule has 8 nitrogen and oxygen atoms in total. The highest BCUT2D eigenvalue weighted by molar-refractivity contribution is 5.97. The van der Waals surface area contributed by atoms with E-state index in [0.717, 1.165) is 32.4 Å². The Balaban J connectivity index is 0.00000176. The van der Waals surface area contributed by atoms with Gasteiger partial charge in [0.1, 0.15) is 11.3 Å². The van der Waals surface area contributed by atoms with Gasteiger partial charge in [0.15, 0.2) is 11.6 Å². The summed E-state index contributed by atoms with van der Waals surface area (Å²) in [5, 5.41) is 25.9. The molecule has 1 aromatic heterocycles. The minimum Gasteiger partial charge on any atom is -0.492 e. The van der Waals surface area contributed by atoms with Crippen molar-refractivity contribution >= 4 is 22.6 Å². The van der Waals surface area contributed by atoms with Gasteiger partial charge in [-0.1, -0.05) is 20.3 Å². The highest BCUT2D eigenvalue weighted by Gasteiger charge is 2.31. The van der Waals surface area contributed by atoms with Gasteiger partial charge in [-0.15, -0.1) is 0 Å². The van der Waals surface area contributed by atoms with Crippen molar-refractivity contribution in [3.8, 4) is 5.75 Å². The van der Waals surface area contributed by atoms with Crippen LogP contribution < -0.4 is 15.1 Å². The monoisotopic (exact) mass is 452 g/mol. The van der Waals surface area contributed by atoms with E-state index in [-0.39, 0.29) is 46.9 Å². The van der Waals surface area contributed by atoms with Crippen molar-refractivity contribution in [1.82, 2.24) is 4.57 Å². The molecule has 3 N–H and O–H groups in total. The van der Waals surface area contributed by atoms with Crippen LogP contribution in [0.1, 0.15) is 49.5 Å². The molecule has 0 bridgehead atoms. The first-order valence-corrected chi connectivity index (χ1v) is 10.7. The number of carboxylic acids is 1. The molecule has 1 aliphatic rings. The quantitative estimate of drug-likeness (QED) is 0.536. The molecule has 0 aliphatic heterocycles. The van der Waals surface area contributed by atoms with Crippen molar-refractivity contribution < 1.29 is 29.2 Å². The first kappa shape index (κ1) is 25.6. The van der Waals surface area contributed by atoms with Crippen LogP contribution in [0.4, 0.5) is 10.1 Å². The number of fused-ring (bicyclic) bond motifs is 1. The van der Waals surface area contributed by atoms with Crippen LogP contribution in [0.15, 0.2) is 17.1 Å². The fourth-order valence-electron chi connectivity index (χ4n) is 4.09. The molecule has 178 valence electrons. The number of anilines is 1. The Hall–Kier alpha value is -2.65.